The summed E-state index contributed by atoms with van der Waals surface area (Å²) in [5, 5.41) is 2.88. The lowest BCUT2D eigenvalue weighted by Gasteiger charge is -2.14. The number of ether oxygens (including phenoxy) is 3. The molecule has 0 aliphatic carbocycles. The lowest BCUT2D eigenvalue weighted by Crippen LogP contribution is -2.20. The summed E-state index contributed by atoms with van der Waals surface area (Å²) in [6, 6.07) is 11.5. The first-order valence-electron chi connectivity index (χ1n) is 9.41. The predicted molar refractivity (Wildman–Crippen MR) is 115 cm³/mol. The Morgan fingerprint density at radius 2 is 1.77 bits per heavy atom. The van der Waals surface area contributed by atoms with Crippen LogP contribution in [-0.2, 0) is 11.3 Å². The van der Waals surface area contributed by atoms with Crippen molar-refractivity contribution in [2.45, 2.75) is 13.5 Å². The maximum absolute atomic E-state index is 12.3. The molecule has 30 heavy (non-hydrogen) atoms. The van der Waals surface area contributed by atoms with Gasteiger partial charge in [0.05, 0.1) is 21.3 Å². The van der Waals surface area contributed by atoms with Crippen LogP contribution in [0.3, 0.4) is 0 Å². The Morgan fingerprint density at radius 3 is 2.37 bits per heavy atom. The van der Waals surface area contributed by atoms with E-state index in [4.69, 9.17) is 14.2 Å². The number of hydrogen-bond donors (Lipinski definition) is 1. The fourth-order valence-corrected chi connectivity index (χ4v) is 3.09. The average molecular weight is 407 g/mol. The lowest BCUT2D eigenvalue weighted by molar-refractivity contribution is -0.116. The highest BCUT2D eigenvalue weighted by atomic mass is 16.5. The summed E-state index contributed by atoms with van der Waals surface area (Å²) in [6.07, 6.45) is 6.83. The number of aryl methyl sites for hydroxylation is 1. The van der Waals surface area contributed by atoms with Gasteiger partial charge in [-0.05, 0) is 42.8 Å². The van der Waals surface area contributed by atoms with E-state index >= 15 is 0 Å². The largest absolute Gasteiger partial charge is 0.493 e. The molecule has 7 heteroatoms. The van der Waals surface area contributed by atoms with Crippen LogP contribution >= 0.6 is 0 Å². The van der Waals surface area contributed by atoms with Gasteiger partial charge in [-0.1, -0.05) is 12.1 Å². The molecule has 7 nitrogen and oxygen atoms in total. The number of nitrogens with zero attached hydrogens (tertiary/aromatic N) is 2. The summed E-state index contributed by atoms with van der Waals surface area (Å²) in [5.74, 6) is 2.26. The smallest absolute Gasteiger partial charge is 0.244 e. The van der Waals surface area contributed by atoms with Gasteiger partial charge in [0.25, 0.3) is 0 Å². The summed E-state index contributed by atoms with van der Waals surface area (Å²) in [6.45, 7) is 2.38. The van der Waals surface area contributed by atoms with E-state index < -0.39 is 0 Å². The number of methoxy groups -OCH3 is 3. The Balaban J connectivity index is 1.63. The number of carbonyl (C=O) groups excluding carboxylic acids is 1. The van der Waals surface area contributed by atoms with Gasteiger partial charge < -0.3 is 24.1 Å². The second kappa shape index (κ2) is 9.65. The van der Waals surface area contributed by atoms with Crippen molar-refractivity contribution in [1.29, 1.82) is 0 Å². The molecule has 0 saturated carbocycles. The van der Waals surface area contributed by atoms with Crippen molar-refractivity contribution >= 4 is 12.0 Å². The van der Waals surface area contributed by atoms with Crippen LogP contribution < -0.4 is 19.5 Å². The molecule has 0 radical (unpaired) electrons. The van der Waals surface area contributed by atoms with Crippen LogP contribution in [0.5, 0.6) is 17.2 Å². The molecule has 1 amide bonds. The number of imidazole rings is 1. The number of hydrogen-bond acceptors (Lipinski definition) is 5. The fourth-order valence-electron chi connectivity index (χ4n) is 3.09. The third-order valence-electron chi connectivity index (χ3n) is 4.66. The number of benzene rings is 2. The van der Waals surface area contributed by atoms with E-state index in [1.807, 2.05) is 42.0 Å². The minimum atomic E-state index is -0.207. The van der Waals surface area contributed by atoms with Gasteiger partial charge in [0.15, 0.2) is 11.5 Å². The molecule has 0 atom stereocenters. The summed E-state index contributed by atoms with van der Waals surface area (Å²) in [7, 11) is 4.65. The third kappa shape index (κ3) is 4.63. The van der Waals surface area contributed by atoms with Gasteiger partial charge in [0.1, 0.15) is 5.82 Å². The van der Waals surface area contributed by atoms with Crippen molar-refractivity contribution in [3.63, 3.8) is 0 Å². The summed E-state index contributed by atoms with van der Waals surface area (Å²) in [4.78, 5) is 16.5. The molecule has 156 valence electrons. The van der Waals surface area contributed by atoms with Gasteiger partial charge in [-0.25, -0.2) is 4.98 Å². The van der Waals surface area contributed by atoms with E-state index in [9.17, 15) is 4.79 Å². The number of aromatic nitrogens is 2. The molecular weight excluding hydrogens is 382 g/mol. The molecule has 0 spiro atoms. The molecule has 0 aliphatic rings. The minimum absolute atomic E-state index is 0.207. The monoisotopic (exact) mass is 407 g/mol. The third-order valence-corrected chi connectivity index (χ3v) is 4.66. The molecule has 0 bridgehead atoms. The molecule has 0 aliphatic heterocycles. The molecule has 2 aromatic carbocycles. The molecule has 0 fully saturated rings. The summed E-state index contributed by atoms with van der Waals surface area (Å²) in [5.41, 5.74) is 2.74. The Kier molecular flexibility index (Phi) is 6.75. The lowest BCUT2D eigenvalue weighted by atomic mass is 10.1. The maximum Gasteiger partial charge on any atom is 0.244 e. The van der Waals surface area contributed by atoms with Crippen molar-refractivity contribution < 1.29 is 19.0 Å². The summed E-state index contributed by atoms with van der Waals surface area (Å²) < 4.78 is 18.1. The van der Waals surface area contributed by atoms with Crippen LogP contribution in [0.1, 0.15) is 17.0 Å². The quantitative estimate of drug-likeness (QED) is 0.578. The van der Waals surface area contributed by atoms with Crippen LogP contribution in [0.15, 0.2) is 54.9 Å². The van der Waals surface area contributed by atoms with E-state index in [1.165, 1.54) is 6.08 Å². The number of nitrogens with one attached hydrogen (secondary N) is 1. The van der Waals surface area contributed by atoms with E-state index in [2.05, 4.69) is 10.3 Å². The van der Waals surface area contributed by atoms with Gasteiger partial charge >= 0.3 is 0 Å². The van der Waals surface area contributed by atoms with Crippen LogP contribution in [0.4, 0.5) is 0 Å². The maximum atomic E-state index is 12.3. The minimum Gasteiger partial charge on any atom is -0.493 e. The normalized spacial score (nSPS) is 10.8. The van der Waals surface area contributed by atoms with Crippen LogP contribution in [-0.4, -0.2) is 36.8 Å². The van der Waals surface area contributed by atoms with Gasteiger partial charge in [0.2, 0.25) is 11.7 Å². The topological polar surface area (TPSA) is 74.6 Å². The first-order chi connectivity index (χ1) is 14.6. The van der Waals surface area contributed by atoms with Crippen LogP contribution in [0, 0.1) is 6.92 Å². The zero-order valence-corrected chi connectivity index (χ0v) is 17.5. The fraction of sp³-hybridized carbons (Fsp3) is 0.217. The molecule has 3 aromatic rings. The number of rotatable bonds is 8. The molecular formula is C23H25N3O4. The molecule has 0 unspecified atom stereocenters. The second-order valence-electron chi connectivity index (χ2n) is 6.49. The Hall–Kier alpha value is -3.74. The standard InChI is InChI=1S/C23H25N3O4/c1-16-24-13-14-26(16)19-9-5-17(6-10-19)15-25-21(27)12-8-18-7-11-20(28-2)23(30-4)22(18)29-3/h5-14H,15H2,1-4H3,(H,25,27)/b12-8+. The SMILES string of the molecule is COc1ccc(/C=C/C(=O)NCc2ccc(-n3ccnc3C)cc2)c(OC)c1OC. The molecule has 3 rings (SSSR count). The highest BCUT2D eigenvalue weighted by Crippen LogP contribution is 2.40. The van der Waals surface area contributed by atoms with Gasteiger partial charge in [-0.15, -0.1) is 0 Å². The van der Waals surface area contributed by atoms with E-state index in [-0.39, 0.29) is 5.91 Å². The highest BCUT2D eigenvalue weighted by Gasteiger charge is 2.14. The number of carbonyl (C=O) groups is 1. The highest BCUT2D eigenvalue weighted by molar-refractivity contribution is 5.92. The Labute approximate surface area is 175 Å². The van der Waals surface area contributed by atoms with Crippen molar-refractivity contribution in [3.8, 4) is 22.9 Å². The Bertz CT molecular complexity index is 1040. The van der Waals surface area contributed by atoms with Crippen molar-refractivity contribution in [1.82, 2.24) is 14.9 Å². The van der Waals surface area contributed by atoms with Gasteiger partial charge in [-0.3, -0.25) is 4.79 Å². The second-order valence-corrected chi connectivity index (χ2v) is 6.49. The Morgan fingerprint density at radius 1 is 1.03 bits per heavy atom. The number of amides is 1. The zero-order chi connectivity index (χ0) is 21.5. The van der Waals surface area contributed by atoms with Gasteiger partial charge in [0, 0.05) is 36.3 Å². The van der Waals surface area contributed by atoms with E-state index in [0.717, 1.165) is 17.1 Å². The van der Waals surface area contributed by atoms with E-state index in [1.54, 1.807) is 45.7 Å². The molecule has 1 N–H and O–H groups in total. The first kappa shape index (κ1) is 21.0. The predicted octanol–water partition coefficient (Wildman–Crippen LogP) is 3.54. The molecule has 1 aromatic heterocycles. The van der Waals surface area contributed by atoms with Crippen LogP contribution in [0.2, 0.25) is 0 Å². The molecule has 0 saturated heterocycles. The average Bonchev–Trinajstić information content (AvgIpc) is 3.21. The van der Waals surface area contributed by atoms with E-state index in [0.29, 0.717) is 29.4 Å². The van der Waals surface area contributed by atoms with Crippen molar-refractivity contribution in [3.05, 3.63) is 71.8 Å². The van der Waals surface area contributed by atoms with Crippen LogP contribution in [0.25, 0.3) is 11.8 Å². The van der Waals surface area contributed by atoms with Crippen molar-refractivity contribution in [2.75, 3.05) is 21.3 Å². The molecule has 1 heterocycles. The zero-order valence-electron chi connectivity index (χ0n) is 17.5. The van der Waals surface area contributed by atoms with Crippen molar-refractivity contribution in [2.24, 2.45) is 0 Å². The summed E-state index contributed by atoms with van der Waals surface area (Å²) >= 11 is 0. The first-order valence-corrected chi connectivity index (χ1v) is 9.41. The van der Waals surface area contributed by atoms with Gasteiger partial charge in [-0.2, -0.15) is 0 Å².